The summed E-state index contributed by atoms with van der Waals surface area (Å²) >= 11 is 0. The third kappa shape index (κ3) is 5.49. The second-order valence-electron chi connectivity index (χ2n) is 9.37. The first kappa shape index (κ1) is 26.4. The number of ether oxygens (including phenoxy) is 1. The van der Waals surface area contributed by atoms with Crippen LogP contribution in [0.25, 0.3) is 17.0 Å². The molecule has 5 rings (SSSR count). The predicted octanol–water partition coefficient (Wildman–Crippen LogP) is 2.11. The standard InChI is InChI=1S/C23H31F2N9O3S/c1-26-16-4-3-5-17-18(16)28-20(19(24)25)34(17)23-30-21(29-22(31-23)32-10-12-37-13-11-32)27-14-15-6-8-33(9-7-15)38(2,35)36/h3-5,15,19,26H,6-14H2,1-2H3,(H,27,29,30,31). The molecule has 2 saturated heterocycles. The van der Waals surface area contributed by atoms with E-state index in [-0.39, 0.29) is 17.8 Å². The first-order valence-electron chi connectivity index (χ1n) is 12.5. The topological polar surface area (TPSA) is 130 Å². The zero-order valence-corrected chi connectivity index (χ0v) is 22.1. The molecular weight excluding hydrogens is 520 g/mol. The summed E-state index contributed by atoms with van der Waals surface area (Å²) in [6, 6.07) is 5.23. The maximum Gasteiger partial charge on any atom is 0.296 e. The van der Waals surface area contributed by atoms with Gasteiger partial charge in [-0.15, -0.1) is 0 Å². The van der Waals surface area contributed by atoms with E-state index in [0.717, 1.165) is 0 Å². The number of aromatic nitrogens is 5. The summed E-state index contributed by atoms with van der Waals surface area (Å²) in [4.78, 5) is 19.9. The highest BCUT2D eigenvalue weighted by molar-refractivity contribution is 7.88. The summed E-state index contributed by atoms with van der Waals surface area (Å²) < 4.78 is 60.2. The zero-order chi connectivity index (χ0) is 26.9. The van der Waals surface area contributed by atoms with Gasteiger partial charge in [-0.25, -0.2) is 26.5 Å². The quantitative estimate of drug-likeness (QED) is 0.429. The largest absolute Gasteiger partial charge is 0.386 e. The highest BCUT2D eigenvalue weighted by atomic mass is 32.2. The van der Waals surface area contributed by atoms with Crippen LogP contribution >= 0.6 is 0 Å². The van der Waals surface area contributed by atoms with Crippen LogP contribution < -0.4 is 15.5 Å². The summed E-state index contributed by atoms with van der Waals surface area (Å²) in [5.74, 6) is 0.417. The van der Waals surface area contributed by atoms with Crippen molar-refractivity contribution in [2.75, 3.05) is 74.8 Å². The molecule has 3 aromatic rings. The van der Waals surface area contributed by atoms with Gasteiger partial charge in [-0.05, 0) is 30.9 Å². The Morgan fingerprint density at radius 2 is 1.76 bits per heavy atom. The van der Waals surface area contributed by atoms with Gasteiger partial charge in [-0.3, -0.25) is 4.57 Å². The van der Waals surface area contributed by atoms with Gasteiger partial charge in [0.25, 0.3) is 6.43 Å². The number of sulfonamides is 1. The molecular formula is C23H31F2N9O3S. The molecule has 2 N–H and O–H groups in total. The van der Waals surface area contributed by atoms with E-state index in [4.69, 9.17) is 4.74 Å². The van der Waals surface area contributed by atoms with Crippen molar-refractivity contribution in [3.63, 3.8) is 0 Å². The zero-order valence-electron chi connectivity index (χ0n) is 21.3. The number of imidazole rings is 1. The molecule has 38 heavy (non-hydrogen) atoms. The normalized spacial score (nSPS) is 17.9. The van der Waals surface area contributed by atoms with E-state index in [1.165, 1.54) is 15.1 Å². The number of hydrogen-bond donors (Lipinski definition) is 2. The Balaban J connectivity index is 1.49. The minimum Gasteiger partial charge on any atom is -0.386 e. The summed E-state index contributed by atoms with van der Waals surface area (Å²) in [5, 5.41) is 6.24. The Morgan fingerprint density at radius 1 is 1.05 bits per heavy atom. The Bertz CT molecular complexity index is 1390. The van der Waals surface area contributed by atoms with Gasteiger partial charge < -0.3 is 20.3 Å². The maximum absolute atomic E-state index is 14.2. The number of anilines is 3. The summed E-state index contributed by atoms with van der Waals surface area (Å²) in [6.07, 6.45) is -0.240. The average Bonchev–Trinajstić information content (AvgIpc) is 3.32. The molecule has 0 saturated carbocycles. The first-order chi connectivity index (χ1) is 18.2. The van der Waals surface area contributed by atoms with Crippen molar-refractivity contribution in [1.82, 2.24) is 28.8 Å². The minimum absolute atomic E-state index is 0.0435. The summed E-state index contributed by atoms with van der Waals surface area (Å²) in [7, 11) is -1.50. The number of benzene rings is 1. The molecule has 2 aliphatic rings. The lowest BCUT2D eigenvalue weighted by molar-refractivity contribution is 0.122. The number of nitrogens with zero attached hydrogens (tertiary/aromatic N) is 7. The number of halogens is 2. The number of para-hydroxylation sites is 1. The molecule has 0 unspecified atom stereocenters. The van der Waals surface area contributed by atoms with Crippen LogP contribution in [0, 0.1) is 5.92 Å². The highest BCUT2D eigenvalue weighted by Gasteiger charge is 2.27. The Hall–Kier alpha value is -3.17. The minimum atomic E-state index is -3.21. The molecule has 0 radical (unpaired) electrons. The van der Waals surface area contributed by atoms with Crippen molar-refractivity contribution in [2.24, 2.45) is 5.92 Å². The Morgan fingerprint density at radius 3 is 2.42 bits per heavy atom. The lowest BCUT2D eigenvalue weighted by atomic mass is 9.98. The average molecular weight is 552 g/mol. The number of fused-ring (bicyclic) bond motifs is 1. The van der Waals surface area contributed by atoms with Crippen molar-refractivity contribution in [2.45, 2.75) is 19.3 Å². The molecule has 1 aromatic carbocycles. The number of rotatable bonds is 8. The summed E-state index contributed by atoms with van der Waals surface area (Å²) in [6.45, 7) is 3.56. The van der Waals surface area contributed by atoms with E-state index in [1.807, 2.05) is 4.90 Å². The van der Waals surface area contributed by atoms with Gasteiger partial charge in [0.1, 0.15) is 5.52 Å². The van der Waals surface area contributed by atoms with Crippen molar-refractivity contribution in [3.8, 4) is 5.95 Å². The van der Waals surface area contributed by atoms with Crippen molar-refractivity contribution in [1.29, 1.82) is 0 Å². The molecule has 12 nitrogen and oxygen atoms in total. The highest BCUT2D eigenvalue weighted by Crippen LogP contribution is 2.31. The maximum atomic E-state index is 14.2. The number of nitrogens with one attached hydrogen (secondary N) is 2. The van der Waals surface area contributed by atoms with Crippen LogP contribution in [0.15, 0.2) is 18.2 Å². The SMILES string of the molecule is CNc1cccc2c1nc(C(F)F)n2-c1nc(NCC2CCN(S(C)(=O)=O)CC2)nc(N2CCOCC2)n1. The van der Waals surface area contributed by atoms with Crippen LogP contribution in [0.5, 0.6) is 0 Å². The van der Waals surface area contributed by atoms with E-state index in [1.54, 1.807) is 25.2 Å². The van der Waals surface area contributed by atoms with E-state index in [2.05, 4.69) is 30.6 Å². The predicted molar refractivity (Wildman–Crippen MR) is 140 cm³/mol. The van der Waals surface area contributed by atoms with Crippen LogP contribution in [-0.4, -0.2) is 96.5 Å². The second kappa shape index (κ2) is 10.9. The molecule has 0 amide bonds. The number of piperidine rings is 1. The fraction of sp³-hybridized carbons (Fsp3) is 0.565. The molecule has 2 fully saturated rings. The van der Waals surface area contributed by atoms with Gasteiger partial charge in [0, 0.05) is 39.8 Å². The Kier molecular flexibility index (Phi) is 7.59. The lowest BCUT2D eigenvalue weighted by Crippen LogP contribution is -2.39. The molecule has 0 atom stereocenters. The fourth-order valence-electron chi connectivity index (χ4n) is 4.79. The molecule has 0 aliphatic carbocycles. The monoisotopic (exact) mass is 551 g/mol. The summed E-state index contributed by atoms with van der Waals surface area (Å²) in [5.41, 5.74) is 1.46. The molecule has 2 aliphatic heterocycles. The smallest absolute Gasteiger partial charge is 0.296 e. The third-order valence-corrected chi connectivity index (χ3v) is 8.18. The van der Waals surface area contributed by atoms with E-state index < -0.39 is 22.3 Å². The molecule has 206 valence electrons. The van der Waals surface area contributed by atoms with Gasteiger partial charge in [-0.2, -0.15) is 15.0 Å². The molecule has 0 bridgehead atoms. The van der Waals surface area contributed by atoms with Crippen molar-refractivity contribution >= 4 is 38.6 Å². The van der Waals surface area contributed by atoms with E-state index in [9.17, 15) is 17.2 Å². The van der Waals surface area contributed by atoms with Crippen LogP contribution in [0.4, 0.5) is 26.4 Å². The second-order valence-corrected chi connectivity index (χ2v) is 11.4. The molecule has 4 heterocycles. The van der Waals surface area contributed by atoms with Gasteiger partial charge >= 0.3 is 0 Å². The van der Waals surface area contributed by atoms with Gasteiger partial charge in [0.2, 0.25) is 27.9 Å². The Labute approximate surface area is 219 Å². The van der Waals surface area contributed by atoms with Crippen LogP contribution in [0.2, 0.25) is 0 Å². The van der Waals surface area contributed by atoms with Crippen LogP contribution in [0.1, 0.15) is 25.1 Å². The van der Waals surface area contributed by atoms with Crippen LogP contribution in [0.3, 0.4) is 0 Å². The van der Waals surface area contributed by atoms with Crippen molar-refractivity contribution < 1.29 is 21.9 Å². The molecule has 2 aromatic heterocycles. The number of morpholine rings is 1. The number of alkyl halides is 2. The van der Waals surface area contributed by atoms with Gasteiger partial charge in [0.15, 0.2) is 5.82 Å². The first-order valence-corrected chi connectivity index (χ1v) is 14.3. The van der Waals surface area contributed by atoms with Gasteiger partial charge in [0.05, 0.1) is 30.7 Å². The number of hydrogen-bond acceptors (Lipinski definition) is 10. The molecule has 15 heteroatoms. The van der Waals surface area contributed by atoms with E-state index >= 15 is 0 Å². The molecule has 0 spiro atoms. The lowest BCUT2D eigenvalue weighted by Gasteiger charge is -2.30. The van der Waals surface area contributed by atoms with Gasteiger partial charge in [-0.1, -0.05) is 6.07 Å². The van der Waals surface area contributed by atoms with Crippen LogP contribution in [-0.2, 0) is 14.8 Å². The van der Waals surface area contributed by atoms with Crippen molar-refractivity contribution in [3.05, 3.63) is 24.0 Å². The van der Waals surface area contributed by atoms with E-state index in [0.29, 0.717) is 81.4 Å². The fourth-order valence-corrected chi connectivity index (χ4v) is 5.67. The third-order valence-electron chi connectivity index (χ3n) is 6.87.